The number of nitrogens with zero attached hydrogens (tertiary/aromatic N) is 1. The minimum absolute atomic E-state index is 0.0689. The molecule has 88 valence electrons. The lowest BCUT2D eigenvalue weighted by Gasteiger charge is -2.14. The predicted octanol–water partition coefficient (Wildman–Crippen LogP) is 1.61. The van der Waals surface area contributed by atoms with Gasteiger partial charge in [0.15, 0.2) is 0 Å². The van der Waals surface area contributed by atoms with Gasteiger partial charge in [-0.15, -0.1) is 0 Å². The molecule has 1 aromatic heterocycles. The maximum absolute atomic E-state index is 12.1. The Morgan fingerprint density at radius 1 is 1.69 bits per heavy atom. The van der Waals surface area contributed by atoms with Gasteiger partial charge in [0.25, 0.3) is 5.91 Å². The summed E-state index contributed by atoms with van der Waals surface area (Å²) in [5.41, 5.74) is 6.06. The lowest BCUT2D eigenvalue weighted by Crippen LogP contribution is -2.28. The number of nitrogens with two attached hydrogens (primary N) is 1. The number of carbonyl (C=O) groups excluding carboxylic acids is 1. The van der Waals surface area contributed by atoms with Crippen LogP contribution in [0.3, 0.4) is 0 Å². The fraction of sp³-hybridized carbons (Fsp3) is 0.583. The third-order valence-electron chi connectivity index (χ3n) is 3.25. The molecule has 0 aliphatic carbocycles. The smallest absolute Gasteiger partial charge is 0.257 e. The largest absolute Gasteiger partial charge is 0.467 e. The molecule has 1 atom stereocenters. The first-order valence-corrected chi connectivity index (χ1v) is 5.81. The molecule has 4 nitrogen and oxygen atoms in total. The second-order valence-corrected chi connectivity index (χ2v) is 4.32. The number of hydrogen-bond donors (Lipinski definition) is 1. The van der Waals surface area contributed by atoms with Crippen molar-refractivity contribution in [3.63, 3.8) is 0 Å². The van der Waals surface area contributed by atoms with Gasteiger partial charge >= 0.3 is 0 Å². The van der Waals surface area contributed by atoms with Crippen molar-refractivity contribution in [2.45, 2.75) is 26.3 Å². The van der Waals surface area contributed by atoms with Crippen molar-refractivity contribution in [1.82, 2.24) is 4.90 Å². The molecule has 1 saturated heterocycles. The fourth-order valence-corrected chi connectivity index (χ4v) is 2.13. The second-order valence-electron chi connectivity index (χ2n) is 4.32. The van der Waals surface area contributed by atoms with Crippen molar-refractivity contribution in [3.05, 3.63) is 23.7 Å². The number of carbonyl (C=O) groups is 1. The first-order valence-electron chi connectivity index (χ1n) is 5.81. The summed E-state index contributed by atoms with van der Waals surface area (Å²) in [5.74, 6) is 1.39. The average Bonchev–Trinajstić information content (AvgIpc) is 2.97. The van der Waals surface area contributed by atoms with Crippen LogP contribution in [-0.4, -0.2) is 23.9 Å². The monoisotopic (exact) mass is 222 g/mol. The van der Waals surface area contributed by atoms with E-state index in [1.165, 1.54) is 6.26 Å². The maximum atomic E-state index is 12.1. The molecule has 1 fully saturated rings. The number of hydrogen-bond acceptors (Lipinski definition) is 3. The molecule has 16 heavy (non-hydrogen) atoms. The van der Waals surface area contributed by atoms with Crippen LogP contribution >= 0.6 is 0 Å². The van der Waals surface area contributed by atoms with Crippen LogP contribution < -0.4 is 5.73 Å². The molecule has 0 spiro atoms. The van der Waals surface area contributed by atoms with E-state index in [1.54, 1.807) is 6.07 Å². The van der Waals surface area contributed by atoms with E-state index in [9.17, 15) is 4.79 Å². The summed E-state index contributed by atoms with van der Waals surface area (Å²) in [7, 11) is 0. The van der Waals surface area contributed by atoms with E-state index in [1.807, 2.05) is 4.90 Å². The lowest BCUT2D eigenvalue weighted by molar-refractivity contribution is 0.0786. The highest BCUT2D eigenvalue weighted by Gasteiger charge is 2.26. The van der Waals surface area contributed by atoms with Crippen molar-refractivity contribution < 1.29 is 9.21 Å². The van der Waals surface area contributed by atoms with Crippen LogP contribution in [0.4, 0.5) is 0 Å². The van der Waals surface area contributed by atoms with E-state index in [2.05, 4.69) is 6.92 Å². The Kier molecular flexibility index (Phi) is 3.29. The Labute approximate surface area is 95.4 Å². The van der Waals surface area contributed by atoms with Crippen molar-refractivity contribution in [3.8, 4) is 0 Å². The molecule has 2 heterocycles. The van der Waals surface area contributed by atoms with E-state index in [-0.39, 0.29) is 5.91 Å². The molecule has 1 aliphatic heterocycles. The highest BCUT2D eigenvalue weighted by molar-refractivity contribution is 5.94. The van der Waals surface area contributed by atoms with E-state index in [4.69, 9.17) is 10.2 Å². The third-order valence-corrected chi connectivity index (χ3v) is 3.25. The summed E-state index contributed by atoms with van der Waals surface area (Å²) < 4.78 is 5.18. The predicted molar refractivity (Wildman–Crippen MR) is 60.9 cm³/mol. The molecule has 0 saturated carbocycles. The van der Waals surface area contributed by atoms with Gasteiger partial charge in [0.05, 0.1) is 12.1 Å². The topological polar surface area (TPSA) is 59.5 Å². The van der Waals surface area contributed by atoms with Gasteiger partial charge in [-0.25, -0.2) is 0 Å². The third kappa shape index (κ3) is 2.11. The highest BCUT2D eigenvalue weighted by atomic mass is 16.3. The number of rotatable bonds is 3. The van der Waals surface area contributed by atoms with Gasteiger partial charge in [-0.1, -0.05) is 13.3 Å². The van der Waals surface area contributed by atoms with E-state index < -0.39 is 0 Å². The maximum Gasteiger partial charge on any atom is 0.257 e. The van der Waals surface area contributed by atoms with Gasteiger partial charge in [0.2, 0.25) is 0 Å². The number of amides is 1. The molecule has 0 bridgehead atoms. The van der Waals surface area contributed by atoms with Gasteiger partial charge in [0, 0.05) is 13.1 Å². The molecule has 1 amide bonds. The minimum Gasteiger partial charge on any atom is -0.467 e. The standard InChI is InChI=1S/C12H18N2O2/c1-2-9-3-4-14(7-9)12(15)10-5-11(6-13)16-8-10/h5,8-9H,2-4,6-7,13H2,1H3. The molecule has 2 N–H and O–H groups in total. The summed E-state index contributed by atoms with van der Waals surface area (Å²) in [5, 5.41) is 0. The Morgan fingerprint density at radius 3 is 3.06 bits per heavy atom. The molecule has 1 unspecified atom stereocenters. The summed E-state index contributed by atoms with van der Waals surface area (Å²) in [6.07, 6.45) is 3.76. The molecule has 4 heteroatoms. The molecule has 0 aromatic carbocycles. The fourth-order valence-electron chi connectivity index (χ4n) is 2.13. The number of likely N-dealkylation sites (tertiary alicyclic amines) is 1. The van der Waals surface area contributed by atoms with Crippen molar-refractivity contribution in [2.24, 2.45) is 11.7 Å². The quantitative estimate of drug-likeness (QED) is 0.845. The molecule has 1 aromatic rings. The number of furan rings is 1. The van der Waals surface area contributed by atoms with Crippen LogP contribution in [0.15, 0.2) is 16.7 Å². The lowest BCUT2D eigenvalue weighted by atomic mass is 10.1. The second kappa shape index (κ2) is 4.70. The first-order chi connectivity index (χ1) is 7.74. The molecule has 0 radical (unpaired) electrons. The summed E-state index contributed by atoms with van der Waals surface area (Å²) in [4.78, 5) is 14.0. The van der Waals surface area contributed by atoms with Gasteiger partial charge in [-0.05, 0) is 18.4 Å². The van der Waals surface area contributed by atoms with Gasteiger partial charge in [-0.2, -0.15) is 0 Å². The SMILES string of the molecule is CCC1CCN(C(=O)c2coc(CN)c2)C1. The van der Waals surface area contributed by atoms with Gasteiger partial charge in [-0.3, -0.25) is 4.79 Å². The minimum atomic E-state index is 0.0689. The zero-order valence-electron chi connectivity index (χ0n) is 9.61. The zero-order chi connectivity index (χ0) is 11.5. The average molecular weight is 222 g/mol. The Hall–Kier alpha value is -1.29. The Balaban J connectivity index is 2.02. The van der Waals surface area contributed by atoms with Crippen LogP contribution in [0.2, 0.25) is 0 Å². The van der Waals surface area contributed by atoms with Crippen LogP contribution in [0.1, 0.15) is 35.9 Å². The van der Waals surface area contributed by atoms with Crippen molar-refractivity contribution in [2.75, 3.05) is 13.1 Å². The highest BCUT2D eigenvalue weighted by Crippen LogP contribution is 2.21. The summed E-state index contributed by atoms with van der Waals surface area (Å²) in [6, 6.07) is 1.74. The van der Waals surface area contributed by atoms with Crippen molar-refractivity contribution in [1.29, 1.82) is 0 Å². The van der Waals surface area contributed by atoms with E-state index in [0.29, 0.717) is 23.8 Å². The van der Waals surface area contributed by atoms with Gasteiger partial charge in [0.1, 0.15) is 12.0 Å². The van der Waals surface area contributed by atoms with Crippen LogP contribution in [-0.2, 0) is 6.54 Å². The van der Waals surface area contributed by atoms with E-state index in [0.717, 1.165) is 25.9 Å². The van der Waals surface area contributed by atoms with Crippen LogP contribution in [0, 0.1) is 5.92 Å². The zero-order valence-corrected chi connectivity index (χ0v) is 9.61. The van der Waals surface area contributed by atoms with Crippen molar-refractivity contribution >= 4 is 5.91 Å². The van der Waals surface area contributed by atoms with E-state index >= 15 is 0 Å². The Morgan fingerprint density at radius 2 is 2.50 bits per heavy atom. The first kappa shape index (κ1) is 11.2. The summed E-state index contributed by atoms with van der Waals surface area (Å²) in [6.45, 7) is 4.24. The molecular weight excluding hydrogens is 204 g/mol. The molecule has 2 rings (SSSR count). The van der Waals surface area contributed by atoms with Crippen LogP contribution in [0.5, 0.6) is 0 Å². The summed E-state index contributed by atoms with van der Waals surface area (Å²) >= 11 is 0. The normalized spacial score (nSPS) is 20.4. The molecule has 1 aliphatic rings. The molecular formula is C12H18N2O2. The Bertz CT molecular complexity index is 373. The van der Waals surface area contributed by atoms with Crippen LogP contribution in [0.25, 0.3) is 0 Å². The van der Waals surface area contributed by atoms with Gasteiger partial charge < -0.3 is 15.1 Å².